The van der Waals surface area contributed by atoms with E-state index in [4.69, 9.17) is 61.0 Å². The van der Waals surface area contributed by atoms with Gasteiger partial charge in [0.15, 0.2) is 0 Å². The predicted molar refractivity (Wildman–Crippen MR) is 255 cm³/mol. The highest BCUT2D eigenvalue weighted by atomic mass is 35.5. The lowest BCUT2D eigenvalue weighted by Crippen LogP contribution is -2.30. The third-order valence-electron chi connectivity index (χ3n) is 10.5. The summed E-state index contributed by atoms with van der Waals surface area (Å²) < 4.78 is 11.5. The molecule has 13 heteroatoms. The third kappa shape index (κ3) is 15.8. The Morgan fingerprint density at radius 2 is 1.42 bits per heavy atom. The average molecular weight is 946 g/mol. The minimum Gasteiger partial charge on any atom is -0.505 e. The van der Waals surface area contributed by atoms with E-state index in [1.807, 2.05) is 24.3 Å². The number of halogens is 4. The zero-order valence-corrected chi connectivity index (χ0v) is 39.7. The number of carboxylic acid groups (broad SMARTS) is 1. The Kier molecular flexibility index (Phi) is 21.0. The van der Waals surface area contributed by atoms with Gasteiger partial charge < -0.3 is 29.7 Å². The number of phenolic OH excluding ortho intramolecular Hbond substituents is 2. The summed E-state index contributed by atoms with van der Waals surface area (Å²) in [4.78, 5) is 26.8. The molecule has 0 bridgehead atoms. The summed E-state index contributed by atoms with van der Waals surface area (Å²) in [6.45, 7) is 14.3. The number of carboxylic acids is 1. The van der Waals surface area contributed by atoms with Crippen molar-refractivity contribution in [2.24, 2.45) is 11.8 Å². The predicted octanol–water partition coefficient (Wildman–Crippen LogP) is 13.4. The van der Waals surface area contributed by atoms with Gasteiger partial charge in [-0.1, -0.05) is 153 Å². The fraction of sp³-hybridized carbons (Fsp3) is 0.388. The molecule has 6 rings (SSSR count). The van der Waals surface area contributed by atoms with Gasteiger partial charge >= 0.3 is 11.9 Å². The SMILES string of the molecule is CC(C)Cc1ccc(C(C)C(=O)O)cc1.CCN(CC)CCOC(=O)C(Cc1cccc2ccccc12)CC1CCCO1.Oc1c(Cl)cc(Cl)cc1Sc1cc(Cl)cc(Cl)c1O. The lowest BCUT2D eigenvalue weighted by atomic mass is 9.90. The van der Waals surface area contributed by atoms with Crippen LogP contribution in [0.4, 0.5) is 0 Å². The molecule has 1 aliphatic rings. The Hall–Kier alpha value is -3.67. The first kappa shape index (κ1) is 51.0. The van der Waals surface area contributed by atoms with E-state index in [0.29, 0.717) is 38.8 Å². The van der Waals surface area contributed by atoms with Crippen molar-refractivity contribution in [1.82, 2.24) is 4.90 Å². The van der Waals surface area contributed by atoms with Crippen LogP contribution in [0.25, 0.3) is 10.8 Å². The molecule has 1 aliphatic heterocycles. The second kappa shape index (κ2) is 25.6. The molecule has 1 fully saturated rings. The smallest absolute Gasteiger partial charge is 0.310 e. The fourth-order valence-electron chi connectivity index (χ4n) is 6.99. The second-order valence-corrected chi connectivity index (χ2v) is 18.3. The fourth-order valence-corrected chi connectivity index (χ4v) is 9.24. The second-order valence-electron chi connectivity index (χ2n) is 15.6. The van der Waals surface area contributed by atoms with Crippen molar-refractivity contribution in [1.29, 1.82) is 0 Å². The van der Waals surface area contributed by atoms with Crippen molar-refractivity contribution in [3.8, 4) is 11.5 Å². The lowest BCUT2D eigenvalue weighted by molar-refractivity contribution is -0.150. The number of aromatic hydroxyl groups is 2. The highest BCUT2D eigenvalue weighted by Gasteiger charge is 2.28. The first-order chi connectivity index (χ1) is 29.6. The summed E-state index contributed by atoms with van der Waals surface area (Å²) in [6, 6.07) is 28.5. The number of aliphatic carboxylic acids is 1. The summed E-state index contributed by atoms with van der Waals surface area (Å²) in [5, 5.41) is 32.0. The maximum absolute atomic E-state index is 12.9. The Labute approximate surface area is 390 Å². The van der Waals surface area contributed by atoms with Gasteiger partial charge in [0.1, 0.15) is 18.1 Å². The number of likely N-dealkylation sites (N-methyl/N-ethyl adjacent to an activating group) is 1. The van der Waals surface area contributed by atoms with Gasteiger partial charge in [0.05, 0.1) is 37.8 Å². The molecule has 0 amide bonds. The van der Waals surface area contributed by atoms with Crippen molar-refractivity contribution in [3.05, 3.63) is 128 Å². The molecule has 1 saturated heterocycles. The number of esters is 1. The quantitative estimate of drug-likeness (QED) is 0.0832. The molecule has 0 spiro atoms. The minimum absolute atomic E-state index is 0.0874. The van der Waals surface area contributed by atoms with Crippen LogP contribution in [0.1, 0.15) is 76.5 Å². The number of hydrogen-bond acceptors (Lipinski definition) is 8. The van der Waals surface area contributed by atoms with Crippen LogP contribution in [-0.2, 0) is 31.9 Å². The summed E-state index contributed by atoms with van der Waals surface area (Å²) >= 11 is 24.4. The Balaban J connectivity index is 0.000000217. The van der Waals surface area contributed by atoms with E-state index in [-0.39, 0.29) is 39.5 Å². The standard InChI is InChI=1S/C24H33NO3.C13H18O2.C12H6Cl4O2S/c1-3-25(4-2)14-16-28-24(26)21(18-22-12-8-15-27-22)17-20-11-7-10-19-9-5-6-13-23(19)20;1-9(2)8-11-4-6-12(7-5-11)10(3)13(14)15;13-5-1-7(15)11(17)9(3-5)19-10-4-6(14)2-8(16)12(10)18/h5-7,9-11,13,21-22H,3-4,8,12,14-18H2,1-2H3;4-7,9-10H,8H2,1-3H3,(H,14,15);1-4,17-18H. The molecule has 0 radical (unpaired) electrons. The van der Waals surface area contributed by atoms with E-state index in [1.165, 1.54) is 46.2 Å². The maximum atomic E-state index is 12.9. The van der Waals surface area contributed by atoms with E-state index in [2.05, 4.69) is 75.1 Å². The number of ether oxygens (including phenoxy) is 2. The number of hydrogen-bond donors (Lipinski definition) is 3. The minimum atomic E-state index is -0.772. The highest BCUT2D eigenvalue weighted by Crippen LogP contribution is 2.46. The number of fused-ring (bicyclic) bond motifs is 1. The van der Waals surface area contributed by atoms with Crippen LogP contribution in [0.2, 0.25) is 20.1 Å². The van der Waals surface area contributed by atoms with Crippen LogP contribution in [0.3, 0.4) is 0 Å². The van der Waals surface area contributed by atoms with E-state index >= 15 is 0 Å². The van der Waals surface area contributed by atoms with Crippen molar-refractivity contribution < 1.29 is 34.4 Å². The van der Waals surface area contributed by atoms with Gasteiger partial charge in [0.2, 0.25) is 0 Å². The van der Waals surface area contributed by atoms with E-state index < -0.39 is 11.9 Å². The summed E-state index contributed by atoms with van der Waals surface area (Å²) in [7, 11) is 0. The number of benzene rings is 5. The van der Waals surface area contributed by atoms with E-state index in [0.717, 1.165) is 69.2 Å². The number of phenols is 2. The summed E-state index contributed by atoms with van der Waals surface area (Å²) in [5.41, 5.74) is 3.35. The molecule has 1 heterocycles. The Bertz CT molecular complexity index is 2150. The van der Waals surface area contributed by atoms with Crippen LogP contribution in [-0.4, -0.2) is 71.1 Å². The Morgan fingerprint density at radius 1 is 0.823 bits per heavy atom. The lowest BCUT2D eigenvalue weighted by Gasteiger charge is -2.22. The van der Waals surface area contributed by atoms with Gasteiger partial charge in [-0.3, -0.25) is 9.59 Å². The molecule has 62 heavy (non-hydrogen) atoms. The molecule has 5 aromatic rings. The van der Waals surface area contributed by atoms with Gasteiger partial charge in [0.25, 0.3) is 0 Å². The summed E-state index contributed by atoms with van der Waals surface area (Å²) in [6.07, 6.45) is 4.79. The molecule has 0 saturated carbocycles. The topological polar surface area (TPSA) is 117 Å². The number of nitrogens with zero attached hydrogens (tertiary/aromatic N) is 1. The van der Waals surface area contributed by atoms with Crippen molar-refractivity contribution >= 4 is 80.9 Å². The molecular weight excluding hydrogens is 888 g/mol. The van der Waals surface area contributed by atoms with Gasteiger partial charge in [0, 0.05) is 23.2 Å². The monoisotopic (exact) mass is 943 g/mol. The van der Waals surface area contributed by atoms with Gasteiger partial charge in [-0.05, 0) is 110 Å². The van der Waals surface area contributed by atoms with Crippen LogP contribution in [0.5, 0.6) is 11.5 Å². The third-order valence-corrected chi connectivity index (χ3v) is 12.6. The largest absolute Gasteiger partial charge is 0.505 e. The molecule has 3 N–H and O–H groups in total. The number of carbonyl (C=O) groups is 2. The van der Waals surface area contributed by atoms with Crippen molar-refractivity contribution in [2.45, 2.75) is 88.5 Å². The Morgan fingerprint density at radius 3 is 1.97 bits per heavy atom. The molecule has 0 aromatic heterocycles. The zero-order chi connectivity index (χ0) is 45.3. The molecule has 334 valence electrons. The van der Waals surface area contributed by atoms with Crippen molar-refractivity contribution in [2.75, 3.05) is 32.8 Å². The maximum Gasteiger partial charge on any atom is 0.310 e. The van der Waals surface area contributed by atoms with Crippen LogP contribution in [0.15, 0.2) is 101 Å². The molecule has 3 unspecified atom stereocenters. The average Bonchev–Trinajstić information content (AvgIpc) is 3.76. The van der Waals surface area contributed by atoms with E-state index in [9.17, 15) is 19.8 Å². The van der Waals surface area contributed by atoms with Gasteiger partial charge in [-0.25, -0.2) is 0 Å². The van der Waals surface area contributed by atoms with Gasteiger partial charge in [-0.15, -0.1) is 0 Å². The highest BCUT2D eigenvalue weighted by molar-refractivity contribution is 7.99. The first-order valence-electron chi connectivity index (χ1n) is 20.9. The molecule has 8 nitrogen and oxygen atoms in total. The van der Waals surface area contributed by atoms with Crippen molar-refractivity contribution in [3.63, 3.8) is 0 Å². The van der Waals surface area contributed by atoms with E-state index in [1.54, 1.807) is 6.92 Å². The van der Waals surface area contributed by atoms with Gasteiger partial charge in [-0.2, -0.15) is 0 Å². The normalized spacial score (nSPS) is 14.5. The zero-order valence-electron chi connectivity index (χ0n) is 35.9. The van der Waals surface area contributed by atoms with Crippen LogP contribution >= 0.6 is 58.2 Å². The molecule has 3 atom stereocenters. The number of rotatable bonds is 16. The molecule has 0 aliphatic carbocycles. The van der Waals surface area contributed by atoms with Crippen LogP contribution in [0, 0.1) is 11.8 Å². The summed E-state index contributed by atoms with van der Waals surface area (Å²) in [5.74, 6) is -1.04. The first-order valence-corrected chi connectivity index (χ1v) is 23.3. The number of carbonyl (C=O) groups excluding carboxylic acids is 1. The molecular formula is C49H57Cl4NO7S. The molecule has 5 aromatic carbocycles. The van der Waals surface area contributed by atoms with Crippen LogP contribution < -0.4 is 0 Å².